The fraction of sp³-hybridized carbons (Fsp3) is 0.500. The van der Waals surface area contributed by atoms with Crippen molar-refractivity contribution in [2.45, 2.75) is 6.42 Å². The molecule has 2 aliphatic rings. The first-order valence-corrected chi connectivity index (χ1v) is 7.62. The smallest absolute Gasteiger partial charge is 0.356 e. The maximum atomic E-state index is 11.7. The Morgan fingerprint density at radius 1 is 1.26 bits per heavy atom. The molecule has 2 aliphatic heterocycles. The van der Waals surface area contributed by atoms with Gasteiger partial charge in [0.25, 0.3) is 5.91 Å². The van der Waals surface area contributed by atoms with Crippen molar-refractivity contribution in [2.24, 2.45) is 11.8 Å². The van der Waals surface area contributed by atoms with Crippen LogP contribution in [0, 0.1) is 18.8 Å². The average Bonchev–Trinajstić information content (AvgIpc) is 3.12. The molecular formula is C16H21KN4O2. The number of likely N-dealkylation sites (tertiary alicyclic amines) is 1. The molecule has 2 atom stereocenters. The minimum Gasteiger partial charge on any atom is -0.356 e. The summed E-state index contributed by atoms with van der Waals surface area (Å²) in [7, 11) is 1.61. The van der Waals surface area contributed by atoms with Crippen LogP contribution in [0.15, 0.2) is 18.3 Å². The van der Waals surface area contributed by atoms with Crippen molar-refractivity contribution >= 4 is 17.6 Å². The second-order valence-corrected chi connectivity index (χ2v) is 5.96. The van der Waals surface area contributed by atoms with E-state index in [4.69, 9.17) is 0 Å². The molecule has 0 bridgehead atoms. The van der Waals surface area contributed by atoms with E-state index < -0.39 is 0 Å². The first-order valence-electron chi connectivity index (χ1n) is 7.62. The summed E-state index contributed by atoms with van der Waals surface area (Å²) in [5, 5.41) is 2.59. The van der Waals surface area contributed by atoms with E-state index in [0.717, 1.165) is 32.0 Å². The van der Waals surface area contributed by atoms with Crippen molar-refractivity contribution in [3.8, 4) is 0 Å². The Balaban J connectivity index is 0.00000192. The van der Waals surface area contributed by atoms with Crippen molar-refractivity contribution in [3.63, 3.8) is 0 Å². The number of carbonyl (C=O) groups excluding carboxylic acids is 2. The Kier molecular flexibility index (Phi) is 6.62. The zero-order valence-electron chi connectivity index (χ0n) is 13.8. The van der Waals surface area contributed by atoms with E-state index in [9.17, 15) is 9.59 Å². The van der Waals surface area contributed by atoms with Gasteiger partial charge in [0.05, 0.1) is 5.56 Å². The summed E-state index contributed by atoms with van der Waals surface area (Å²) in [4.78, 5) is 31.8. The van der Waals surface area contributed by atoms with Crippen molar-refractivity contribution in [1.29, 1.82) is 0 Å². The SMILES string of the molecule is [CH2-]CC(=O)N1CC2CN(c3ccc(C(=O)NC)cn3)CC2C1.[K+]. The summed E-state index contributed by atoms with van der Waals surface area (Å²) in [6.45, 7) is 7.15. The summed E-state index contributed by atoms with van der Waals surface area (Å²) in [6.07, 6.45) is 1.95. The fourth-order valence-corrected chi connectivity index (χ4v) is 3.39. The van der Waals surface area contributed by atoms with Gasteiger partial charge in [-0.05, 0) is 12.1 Å². The third kappa shape index (κ3) is 3.96. The van der Waals surface area contributed by atoms with E-state index >= 15 is 0 Å². The first-order chi connectivity index (χ1) is 10.6. The molecule has 1 aromatic rings. The molecule has 23 heavy (non-hydrogen) atoms. The van der Waals surface area contributed by atoms with Gasteiger partial charge in [-0.3, -0.25) is 9.59 Å². The van der Waals surface area contributed by atoms with Crippen LogP contribution in [0.1, 0.15) is 16.8 Å². The maximum Gasteiger partial charge on any atom is 1.00 e. The summed E-state index contributed by atoms with van der Waals surface area (Å²) >= 11 is 0. The quantitative estimate of drug-likeness (QED) is 0.491. The van der Waals surface area contributed by atoms with Crippen molar-refractivity contribution < 1.29 is 61.0 Å². The Bertz CT molecular complexity index is 564. The monoisotopic (exact) mass is 340 g/mol. The van der Waals surface area contributed by atoms with Crippen molar-refractivity contribution in [2.75, 3.05) is 38.1 Å². The molecule has 3 rings (SSSR count). The second-order valence-electron chi connectivity index (χ2n) is 5.96. The average molecular weight is 340 g/mol. The Morgan fingerprint density at radius 2 is 1.91 bits per heavy atom. The molecule has 0 saturated carbocycles. The van der Waals surface area contributed by atoms with Crippen LogP contribution in [-0.4, -0.2) is 54.9 Å². The summed E-state index contributed by atoms with van der Waals surface area (Å²) < 4.78 is 0. The Morgan fingerprint density at radius 3 is 2.39 bits per heavy atom. The number of fused-ring (bicyclic) bond motifs is 1. The predicted molar refractivity (Wildman–Crippen MR) is 83.4 cm³/mol. The van der Waals surface area contributed by atoms with E-state index in [0.29, 0.717) is 23.8 Å². The number of amides is 2. The van der Waals surface area contributed by atoms with Crippen LogP contribution in [0.25, 0.3) is 0 Å². The van der Waals surface area contributed by atoms with Gasteiger partial charge in [0.2, 0.25) is 0 Å². The number of carbonyl (C=O) groups is 2. The van der Waals surface area contributed by atoms with Crippen molar-refractivity contribution in [1.82, 2.24) is 15.2 Å². The molecule has 1 aromatic heterocycles. The molecule has 7 heteroatoms. The number of rotatable bonds is 3. The van der Waals surface area contributed by atoms with E-state index in [-0.39, 0.29) is 63.2 Å². The van der Waals surface area contributed by atoms with E-state index in [2.05, 4.69) is 22.1 Å². The van der Waals surface area contributed by atoms with Gasteiger partial charge in [0.1, 0.15) is 5.82 Å². The first kappa shape index (κ1) is 18.9. The van der Waals surface area contributed by atoms with E-state index in [1.165, 1.54) is 0 Å². The van der Waals surface area contributed by atoms with Crippen LogP contribution in [0.4, 0.5) is 5.82 Å². The largest absolute Gasteiger partial charge is 1.00 e. The molecule has 6 nitrogen and oxygen atoms in total. The Hall–Kier alpha value is -0.474. The standard InChI is InChI=1S/C16H21N4O2.K/c1-3-15(21)20-9-12-7-19(8-13(12)10-20)14-5-4-11(6-18-14)16(22)17-2;/h4-6,12-13H,1,3,7-10H2,2H3,(H,17,22);/q-1;+1. The molecule has 2 fully saturated rings. The van der Waals surface area contributed by atoms with Crippen LogP contribution in [0.3, 0.4) is 0 Å². The molecule has 2 saturated heterocycles. The topological polar surface area (TPSA) is 65.5 Å². The minimum absolute atomic E-state index is 0. The van der Waals surface area contributed by atoms with Gasteiger partial charge in [-0.2, -0.15) is 0 Å². The number of hydrogen-bond acceptors (Lipinski definition) is 4. The predicted octanol–water partition coefficient (Wildman–Crippen LogP) is -2.44. The van der Waals surface area contributed by atoms with Gasteiger partial charge in [0, 0.05) is 51.3 Å². The molecule has 0 aromatic carbocycles. The van der Waals surface area contributed by atoms with Gasteiger partial charge < -0.3 is 22.0 Å². The van der Waals surface area contributed by atoms with Gasteiger partial charge in [-0.1, -0.05) is 0 Å². The molecule has 0 radical (unpaired) electrons. The number of anilines is 1. The normalized spacial score (nSPS) is 22.5. The molecule has 2 amide bonds. The van der Waals surface area contributed by atoms with Gasteiger partial charge in [-0.15, -0.1) is 6.42 Å². The molecule has 2 unspecified atom stereocenters. The zero-order valence-corrected chi connectivity index (χ0v) is 16.9. The van der Waals surface area contributed by atoms with Crippen LogP contribution in [-0.2, 0) is 4.79 Å². The maximum absolute atomic E-state index is 11.7. The number of nitrogens with zero attached hydrogens (tertiary/aromatic N) is 3. The minimum atomic E-state index is -0.125. The summed E-state index contributed by atoms with van der Waals surface area (Å²) in [5.74, 6) is 1.94. The van der Waals surface area contributed by atoms with Gasteiger partial charge in [0.15, 0.2) is 5.91 Å². The fourth-order valence-electron chi connectivity index (χ4n) is 3.39. The van der Waals surface area contributed by atoms with E-state index in [1.807, 2.05) is 11.0 Å². The molecule has 0 spiro atoms. The summed E-state index contributed by atoms with van der Waals surface area (Å²) in [5.41, 5.74) is 0.567. The number of hydrogen-bond donors (Lipinski definition) is 1. The van der Waals surface area contributed by atoms with Crippen LogP contribution in [0.2, 0.25) is 0 Å². The third-order valence-electron chi connectivity index (χ3n) is 4.61. The van der Waals surface area contributed by atoms with Crippen LogP contribution in [0.5, 0.6) is 0 Å². The number of nitrogens with one attached hydrogen (secondary N) is 1. The van der Waals surface area contributed by atoms with Crippen molar-refractivity contribution in [3.05, 3.63) is 30.8 Å². The molecular weight excluding hydrogens is 319 g/mol. The molecule has 0 aliphatic carbocycles. The number of aromatic nitrogens is 1. The van der Waals surface area contributed by atoms with E-state index in [1.54, 1.807) is 19.3 Å². The molecule has 3 heterocycles. The summed E-state index contributed by atoms with van der Waals surface area (Å²) in [6, 6.07) is 3.69. The van der Waals surface area contributed by atoms with Crippen LogP contribution < -0.4 is 61.6 Å². The number of pyridine rings is 1. The van der Waals surface area contributed by atoms with Crippen LogP contribution >= 0.6 is 0 Å². The van der Waals surface area contributed by atoms with Gasteiger partial charge in [-0.25, -0.2) is 4.98 Å². The molecule has 1 N–H and O–H groups in total. The molecule has 118 valence electrons. The zero-order chi connectivity index (χ0) is 15.7. The van der Waals surface area contributed by atoms with Gasteiger partial charge >= 0.3 is 51.4 Å². The Labute approximate surface area is 179 Å². The third-order valence-corrected chi connectivity index (χ3v) is 4.61. The second kappa shape index (κ2) is 8.07.